The third-order valence-corrected chi connectivity index (χ3v) is 1.79. The number of hydrogen-bond donors (Lipinski definition) is 2. The third-order valence-electron chi connectivity index (χ3n) is 1.79. The largest absolute Gasteiger partial charge is 0.394 e. The van der Waals surface area contributed by atoms with E-state index < -0.39 is 5.54 Å². The highest BCUT2D eigenvalue weighted by molar-refractivity contribution is 5.92. The lowest BCUT2D eigenvalue weighted by atomic mass is 10.1. The molecule has 14 heavy (non-hydrogen) atoms. The first-order chi connectivity index (χ1) is 6.44. The zero-order chi connectivity index (χ0) is 10.8. The highest BCUT2D eigenvalue weighted by Gasteiger charge is 2.20. The van der Waals surface area contributed by atoms with E-state index in [1.165, 1.54) is 0 Å². The predicted octanol–water partition coefficient (Wildman–Crippen LogP) is -0.0792. The van der Waals surface area contributed by atoms with Crippen LogP contribution in [-0.2, 0) is 7.05 Å². The maximum Gasteiger partial charge on any atom is 0.272 e. The molecule has 1 aromatic heterocycles. The molecule has 5 nitrogen and oxygen atoms in total. The van der Waals surface area contributed by atoms with Gasteiger partial charge < -0.3 is 10.4 Å². The molecule has 0 atom stereocenters. The van der Waals surface area contributed by atoms with E-state index in [4.69, 9.17) is 5.11 Å². The maximum atomic E-state index is 11.5. The van der Waals surface area contributed by atoms with Crippen molar-refractivity contribution in [1.29, 1.82) is 0 Å². The number of amides is 1. The Bertz CT molecular complexity index is 331. The van der Waals surface area contributed by atoms with Crippen molar-refractivity contribution in [2.75, 3.05) is 6.61 Å². The molecule has 1 amide bonds. The van der Waals surface area contributed by atoms with Gasteiger partial charge in [-0.25, -0.2) is 0 Å². The minimum absolute atomic E-state index is 0.106. The lowest BCUT2D eigenvalue weighted by molar-refractivity contribution is 0.0863. The lowest BCUT2D eigenvalue weighted by Gasteiger charge is -2.22. The number of rotatable bonds is 3. The molecular formula is C9H15N3O2. The van der Waals surface area contributed by atoms with Crippen molar-refractivity contribution >= 4 is 5.91 Å². The van der Waals surface area contributed by atoms with Crippen LogP contribution in [0.15, 0.2) is 12.3 Å². The van der Waals surface area contributed by atoms with Crippen molar-refractivity contribution in [1.82, 2.24) is 15.1 Å². The lowest BCUT2D eigenvalue weighted by Crippen LogP contribution is -2.46. The SMILES string of the molecule is Cn1ccc(C(=O)NC(C)(C)CO)n1. The highest BCUT2D eigenvalue weighted by atomic mass is 16.3. The molecule has 0 fully saturated rings. The number of nitrogens with one attached hydrogen (secondary N) is 1. The molecule has 1 aromatic rings. The van der Waals surface area contributed by atoms with Gasteiger partial charge in [0.25, 0.3) is 5.91 Å². The van der Waals surface area contributed by atoms with Gasteiger partial charge in [0.2, 0.25) is 0 Å². The summed E-state index contributed by atoms with van der Waals surface area (Å²) in [6.07, 6.45) is 1.70. The molecule has 1 rings (SSSR count). The van der Waals surface area contributed by atoms with E-state index >= 15 is 0 Å². The van der Waals surface area contributed by atoms with E-state index in [1.807, 2.05) is 0 Å². The Morgan fingerprint density at radius 2 is 2.36 bits per heavy atom. The molecule has 0 aromatic carbocycles. The van der Waals surface area contributed by atoms with Crippen molar-refractivity contribution in [3.63, 3.8) is 0 Å². The topological polar surface area (TPSA) is 67.2 Å². The van der Waals surface area contributed by atoms with Crippen LogP contribution in [0.25, 0.3) is 0 Å². The Hall–Kier alpha value is -1.36. The molecule has 5 heteroatoms. The fourth-order valence-electron chi connectivity index (χ4n) is 0.947. The molecule has 0 spiro atoms. The van der Waals surface area contributed by atoms with Crippen LogP contribution in [0.4, 0.5) is 0 Å². The summed E-state index contributed by atoms with van der Waals surface area (Å²) < 4.78 is 1.56. The molecule has 0 aliphatic heterocycles. The molecule has 0 aliphatic rings. The van der Waals surface area contributed by atoms with Gasteiger partial charge >= 0.3 is 0 Å². The summed E-state index contributed by atoms with van der Waals surface area (Å²) in [5.74, 6) is -0.273. The van der Waals surface area contributed by atoms with Crippen LogP contribution >= 0.6 is 0 Å². The molecule has 1 heterocycles. The monoisotopic (exact) mass is 197 g/mol. The van der Waals surface area contributed by atoms with Crippen LogP contribution in [-0.4, -0.2) is 32.9 Å². The van der Waals surface area contributed by atoms with Crippen molar-refractivity contribution in [3.05, 3.63) is 18.0 Å². The molecule has 0 saturated carbocycles. The van der Waals surface area contributed by atoms with Gasteiger partial charge in [0.05, 0.1) is 12.1 Å². The minimum Gasteiger partial charge on any atom is -0.394 e. The van der Waals surface area contributed by atoms with Gasteiger partial charge in [-0.2, -0.15) is 5.10 Å². The summed E-state index contributed by atoms with van der Waals surface area (Å²) in [6.45, 7) is 3.38. The number of aliphatic hydroxyl groups excluding tert-OH is 1. The van der Waals surface area contributed by atoms with Crippen LogP contribution in [0.3, 0.4) is 0 Å². The van der Waals surface area contributed by atoms with Gasteiger partial charge in [0.15, 0.2) is 0 Å². The Kier molecular flexibility index (Phi) is 2.90. The van der Waals surface area contributed by atoms with Crippen molar-refractivity contribution in [3.8, 4) is 0 Å². The molecule has 0 aliphatic carbocycles. The third kappa shape index (κ3) is 2.56. The number of aliphatic hydroxyl groups is 1. The van der Waals surface area contributed by atoms with Gasteiger partial charge in [-0.15, -0.1) is 0 Å². The maximum absolute atomic E-state index is 11.5. The molecule has 0 saturated heterocycles. The van der Waals surface area contributed by atoms with Crippen LogP contribution in [0, 0.1) is 0 Å². The fourth-order valence-corrected chi connectivity index (χ4v) is 0.947. The summed E-state index contributed by atoms with van der Waals surface area (Å²) in [5.41, 5.74) is -0.261. The molecule has 2 N–H and O–H groups in total. The van der Waals surface area contributed by atoms with E-state index in [2.05, 4.69) is 10.4 Å². The number of aromatic nitrogens is 2. The second kappa shape index (κ2) is 3.79. The quantitative estimate of drug-likeness (QED) is 0.712. The Morgan fingerprint density at radius 1 is 1.71 bits per heavy atom. The second-order valence-corrected chi connectivity index (χ2v) is 3.87. The zero-order valence-electron chi connectivity index (χ0n) is 8.61. The second-order valence-electron chi connectivity index (χ2n) is 3.87. The Morgan fingerprint density at radius 3 is 2.79 bits per heavy atom. The average molecular weight is 197 g/mol. The first kappa shape index (κ1) is 10.7. The highest BCUT2D eigenvalue weighted by Crippen LogP contribution is 2.02. The van der Waals surface area contributed by atoms with Gasteiger partial charge in [0, 0.05) is 13.2 Å². The standard InChI is InChI=1S/C9H15N3O2/c1-9(2,6-13)10-8(14)7-4-5-12(3)11-7/h4-5,13H,6H2,1-3H3,(H,10,14). The first-order valence-corrected chi connectivity index (χ1v) is 4.37. The predicted molar refractivity (Wildman–Crippen MR) is 51.8 cm³/mol. The number of carbonyl (C=O) groups excluding carboxylic acids is 1. The summed E-state index contributed by atoms with van der Waals surface area (Å²) in [4.78, 5) is 11.5. The number of nitrogens with zero attached hydrogens (tertiary/aromatic N) is 2. The smallest absolute Gasteiger partial charge is 0.272 e. The van der Waals surface area contributed by atoms with Gasteiger partial charge in [-0.3, -0.25) is 9.48 Å². The molecule has 0 bridgehead atoms. The summed E-state index contributed by atoms with van der Waals surface area (Å²) in [6, 6.07) is 1.63. The van der Waals surface area contributed by atoms with Crippen LogP contribution < -0.4 is 5.32 Å². The van der Waals surface area contributed by atoms with Crippen molar-refractivity contribution in [2.24, 2.45) is 7.05 Å². The van der Waals surface area contributed by atoms with E-state index in [1.54, 1.807) is 37.8 Å². The van der Waals surface area contributed by atoms with Crippen LogP contribution in [0.5, 0.6) is 0 Å². The zero-order valence-corrected chi connectivity index (χ0v) is 8.61. The van der Waals surface area contributed by atoms with E-state index in [0.717, 1.165) is 0 Å². The number of aryl methyl sites for hydroxylation is 1. The van der Waals surface area contributed by atoms with Gasteiger partial charge in [-0.1, -0.05) is 0 Å². The number of hydrogen-bond acceptors (Lipinski definition) is 3. The summed E-state index contributed by atoms with van der Waals surface area (Å²) in [5, 5.41) is 15.6. The molecule has 0 radical (unpaired) electrons. The normalized spacial score (nSPS) is 11.4. The van der Waals surface area contributed by atoms with Crippen LogP contribution in [0.1, 0.15) is 24.3 Å². The van der Waals surface area contributed by atoms with E-state index in [-0.39, 0.29) is 12.5 Å². The fraction of sp³-hybridized carbons (Fsp3) is 0.556. The minimum atomic E-state index is -0.616. The number of carbonyl (C=O) groups is 1. The summed E-state index contributed by atoms with van der Waals surface area (Å²) in [7, 11) is 1.74. The Balaban J connectivity index is 2.68. The first-order valence-electron chi connectivity index (χ1n) is 4.37. The van der Waals surface area contributed by atoms with Gasteiger partial charge in [0.1, 0.15) is 5.69 Å². The van der Waals surface area contributed by atoms with Crippen molar-refractivity contribution in [2.45, 2.75) is 19.4 Å². The molecule has 0 unspecified atom stereocenters. The average Bonchev–Trinajstić information content (AvgIpc) is 2.51. The molecular weight excluding hydrogens is 182 g/mol. The van der Waals surface area contributed by atoms with E-state index in [0.29, 0.717) is 5.69 Å². The van der Waals surface area contributed by atoms with Gasteiger partial charge in [-0.05, 0) is 19.9 Å². The summed E-state index contributed by atoms with van der Waals surface area (Å²) >= 11 is 0. The molecule has 78 valence electrons. The van der Waals surface area contributed by atoms with Crippen molar-refractivity contribution < 1.29 is 9.90 Å². The van der Waals surface area contributed by atoms with Crippen LogP contribution in [0.2, 0.25) is 0 Å². The van der Waals surface area contributed by atoms with E-state index in [9.17, 15) is 4.79 Å². The Labute approximate surface area is 82.7 Å².